The number of urea groups is 1. The van der Waals surface area contributed by atoms with Crippen LogP contribution in [-0.2, 0) is 0 Å². The van der Waals surface area contributed by atoms with E-state index in [-0.39, 0.29) is 11.9 Å². The SMILES string of the molecule is Cc1cccc(NC(=O)N2CCN(C(=O)c3sccc3-c3ccccc3)CC2)c1. The van der Waals surface area contributed by atoms with Crippen LogP contribution in [0.4, 0.5) is 10.5 Å². The Bertz CT molecular complexity index is 1010. The first-order chi connectivity index (χ1) is 14.1. The molecular formula is C23H23N3O2S. The number of amides is 3. The largest absolute Gasteiger partial charge is 0.334 e. The summed E-state index contributed by atoms with van der Waals surface area (Å²) in [4.78, 5) is 30.0. The van der Waals surface area contributed by atoms with Crippen LogP contribution in [0.25, 0.3) is 11.1 Å². The normalized spacial score (nSPS) is 14.0. The predicted molar refractivity (Wildman–Crippen MR) is 117 cm³/mol. The summed E-state index contributed by atoms with van der Waals surface area (Å²) in [6.45, 7) is 4.11. The van der Waals surface area contributed by atoms with Gasteiger partial charge < -0.3 is 15.1 Å². The zero-order valence-electron chi connectivity index (χ0n) is 16.3. The zero-order chi connectivity index (χ0) is 20.2. The van der Waals surface area contributed by atoms with E-state index in [2.05, 4.69) is 5.32 Å². The molecule has 5 nitrogen and oxygen atoms in total. The Hall–Kier alpha value is -3.12. The highest BCUT2D eigenvalue weighted by Crippen LogP contribution is 2.29. The van der Waals surface area contributed by atoms with E-state index in [1.165, 1.54) is 11.3 Å². The van der Waals surface area contributed by atoms with E-state index < -0.39 is 0 Å². The number of carbonyl (C=O) groups excluding carboxylic acids is 2. The second kappa shape index (κ2) is 8.49. The molecule has 1 N–H and O–H groups in total. The smallest absolute Gasteiger partial charge is 0.321 e. The van der Waals surface area contributed by atoms with E-state index in [9.17, 15) is 9.59 Å². The second-order valence-corrected chi connectivity index (χ2v) is 8.02. The van der Waals surface area contributed by atoms with E-state index in [0.29, 0.717) is 26.2 Å². The maximum Gasteiger partial charge on any atom is 0.321 e. The second-order valence-electron chi connectivity index (χ2n) is 7.11. The fourth-order valence-corrected chi connectivity index (χ4v) is 4.38. The minimum atomic E-state index is -0.121. The van der Waals surface area contributed by atoms with E-state index in [1.54, 1.807) is 4.90 Å². The number of rotatable bonds is 3. The lowest BCUT2D eigenvalue weighted by molar-refractivity contribution is 0.0677. The number of aryl methyl sites for hydroxylation is 1. The maximum absolute atomic E-state index is 13.1. The Kier molecular flexibility index (Phi) is 5.62. The van der Waals surface area contributed by atoms with E-state index >= 15 is 0 Å². The van der Waals surface area contributed by atoms with Gasteiger partial charge in [0.05, 0.1) is 4.88 Å². The minimum Gasteiger partial charge on any atom is -0.334 e. The number of benzene rings is 2. The minimum absolute atomic E-state index is 0.0394. The fraction of sp³-hybridized carbons (Fsp3) is 0.217. The molecule has 6 heteroatoms. The number of thiophene rings is 1. The van der Waals surface area contributed by atoms with Crippen LogP contribution in [0.15, 0.2) is 66.0 Å². The lowest BCUT2D eigenvalue weighted by Gasteiger charge is -2.34. The van der Waals surface area contributed by atoms with Crippen LogP contribution < -0.4 is 5.32 Å². The van der Waals surface area contributed by atoms with Crippen LogP contribution in [0, 0.1) is 6.92 Å². The Morgan fingerprint density at radius 1 is 0.897 bits per heavy atom. The molecule has 2 heterocycles. The van der Waals surface area contributed by atoms with Gasteiger partial charge in [-0.15, -0.1) is 11.3 Å². The van der Waals surface area contributed by atoms with Gasteiger partial charge in [0.1, 0.15) is 0 Å². The highest BCUT2D eigenvalue weighted by atomic mass is 32.1. The number of hydrogen-bond donors (Lipinski definition) is 1. The summed E-state index contributed by atoms with van der Waals surface area (Å²) < 4.78 is 0. The highest BCUT2D eigenvalue weighted by molar-refractivity contribution is 7.12. The van der Waals surface area contributed by atoms with Gasteiger partial charge in [-0.25, -0.2) is 4.79 Å². The first-order valence-electron chi connectivity index (χ1n) is 9.66. The quantitative estimate of drug-likeness (QED) is 0.686. The van der Waals surface area contributed by atoms with Crippen LogP contribution in [0.1, 0.15) is 15.2 Å². The van der Waals surface area contributed by atoms with Crippen molar-refractivity contribution in [2.75, 3.05) is 31.5 Å². The van der Waals surface area contributed by atoms with Crippen molar-refractivity contribution in [2.24, 2.45) is 0 Å². The third kappa shape index (κ3) is 4.32. The van der Waals surface area contributed by atoms with Gasteiger partial charge in [-0.2, -0.15) is 0 Å². The van der Waals surface area contributed by atoms with Gasteiger partial charge in [0.15, 0.2) is 0 Å². The van der Waals surface area contributed by atoms with Crippen molar-refractivity contribution in [1.29, 1.82) is 0 Å². The molecule has 0 saturated carbocycles. The Balaban J connectivity index is 1.38. The molecule has 4 rings (SSSR count). The first kappa shape index (κ1) is 19.2. The molecule has 29 heavy (non-hydrogen) atoms. The number of nitrogens with zero attached hydrogens (tertiary/aromatic N) is 2. The lowest BCUT2D eigenvalue weighted by atomic mass is 10.1. The lowest BCUT2D eigenvalue weighted by Crippen LogP contribution is -2.51. The zero-order valence-corrected chi connectivity index (χ0v) is 17.1. The van der Waals surface area contributed by atoms with Crippen LogP contribution in [0.3, 0.4) is 0 Å². The van der Waals surface area contributed by atoms with Gasteiger partial charge in [0, 0.05) is 37.4 Å². The molecule has 0 aliphatic carbocycles. The van der Waals surface area contributed by atoms with Gasteiger partial charge in [0.2, 0.25) is 0 Å². The van der Waals surface area contributed by atoms with Crippen molar-refractivity contribution in [1.82, 2.24) is 9.80 Å². The summed E-state index contributed by atoms with van der Waals surface area (Å²) in [6.07, 6.45) is 0. The summed E-state index contributed by atoms with van der Waals surface area (Å²) in [5, 5.41) is 4.90. The predicted octanol–water partition coefficient (Wildman–Crippen LogP) is 4.71. The molecule has 1 aliphatic heterocycles. The molecular weight excluding hydrogens is 382 g/mol. The van der Waals surface area contributed by atoms with Crippen LogP contribution in [0.5, 0.6) is 0 Å². The Morgan fingerprint density at radius 2 is 1.62 bits per heavy atom. The molecule has 0 radical (unpaired) electrons. The molecule has 0 bridgehead atoms. The molecule has 3 aromatic rings. The fourth-order valence-electron chi connectivity index (χ4n) is 3.50. The number of nitrogens with one attached hydrogen (secondary N) is 1. The van der Waals surface area contributed by atoms with Gasteiger partial charge in [-0.3, -0.25) is 4.79 Å². The van der Waals surface area contributed by atoms with Gasteiger partial charge >= 0.3 is 6.03 Å². The molecule has 1 fully saturated rings. The summed E-state index contributed by atoms with van der Waals surface area (Å²) in [5.41, 5.74) is 3.91. The van der Waals surface area contributed by atoms with Gasteiger partial charge in [-0.1, -0.05) is 42.5 Å². The third-order valence-corrected chi connectivity index (χ3v) is 5.97. The van der Waals surface area contributed by atoms with Gasteiger partial charge in [-0.05, 0) is 41.6 Å². The number of piperazine rings is 1. The van der Waals surface area contributed by atoms with E-state index in [0.717, 1.165) is 27.3 Å². The van der Waals surface area contributed by atoms with Crippen LogP contribution >= 0.6 is 11.3 Å². The van der Waals surface area contributed by atoms with Gasteiger partial charge in [0.25, 0.3) is 5.91 Å². The number of anilines is 1. The molecule has 1 aliphatic rings. The standard InChI is InChI=1S/C23H23N3O2S/c1-17-6-5-9-19(16-17)24-23(28)26-13-11-25(12-14-26)22(27)21-20(10-15-29-21)18-7-3-2-4-8-18/h2-10,15-16H,11-14H2,1H3,(H,24,28). The van der Waals surface area contributed by atoms with Crippen molar-refractivity contribution >= 4 is 29.0 Å². The molecule has 0 atom stereocenters. The van der Waals surface area contributed by atoms with Crippen LogP contribution in [-0.4, -0.2) is 47.9 Å². The maximum atomic E-state index is 13.1. The number of carbonyl (C=O) groups is 2. The third-order valence-electron chi connectivity index (χ3n) is 5.07. The molecule has 1 aromatic heterocycles. The molecule has 0 unspecified atom stereocenters. The van der Waals surface area contributed by atoms with Crippen molar-refractivity contribution < 1.29 is 9.59 Å². The molecule has 148 valence electrons. The summed E-state index contributed by atoms with van der Waals surface area (Å²) in [6, 6.07) is 19.6. The van der Waals surface area contributed by atoms with Crippen molar-refractivity contribution in [2.45, 2.75) is 6.92 Å². The molecule has 2 aromatic carbocycles. The Labute approximate surface area is 174 Å². The number of hydrogen-bond acceptors (Lipinski definition) is 3. The van der Waals surface area contributed by atoms with Crippen molar-refractivity contribution in [3.63, 3.8) is 0 Å². The summed E-state index contributed by atoms with van der Waals surface area (Å²) in [7, 11) is 0. The van der Waals surface area contributed by atoms with Crippen molar-refractivity contribution in [3.8, 4) is 11.1 Å². The summed E-state index contributed by atoms with van der Waals surface area (Å²) in [5.74, 6) is 0.0394. The van der Waals surface area contributed by atoms with Crippen LogP contribution in [0.2, 0.25) is 0 Å². The molecule has 1 saturated heterocycles. The summed E-state index contributed by atoms with van der Waals surface area (Å²) >= 11 is 1.47. The topological polar surface area (TPSA) is 52.7 Å². The average Bonchev–Trinajstić information content (AvgIpc) is 3.24. The first-order valence-corrected chi connectivity index (χ1v) is 10.5. The molecule has 3 amide bonds. The highest BCUT2D eigenvalue weighted by Gasteiger charge is 2.27. The van der Waals surface area contributed by atoms with E-state index in [1.807, 2.05) is 77.9 Å². The molecule has 0 spiro atoms. The average molecular weight is 406 g/mol. The Morgan fingerprint density at radius 3 is 2.34 bits per heavy atom. The monoisotopic (exact) mass is 405 g/mol. The van der Waals surface area contributed by atoms with Crippen molar-refractivity contribution in [3.05, 3.63) is 76.5 Å². The van der Waals surface area contributed by atoms with E-state index in [4.69, 9.17) is 0 Å².